The Hall–Kier alpha value is -1.10. The van der Waals surface area contributed by atoms with Gasteiger partial charge < -0.3 is 18.9 Å². The van der Waals surface area contributed by atoms with Crippen LogP contribution in [0.5, 0.6) is 5.75 Å². The van der Waals surface area contributed by atoms with Crippen LogP contribution in [0.1, 0.15) is 23.8 Å². The van der Waals surface area contributed by atoms with E-state index in [2.05, 4.69) is 0 Å². The van der Waals surface area contributed by atoms with Crippen molar-refractivity contribution in [1.82, 2.24) is 0 Å². The molecule has 0 atom stereocenters. The van der Waals surface area contributed by atoms with E-state index in [0.29, 0.717) is 0 Å². The fraction of sp³-hybridized carbons (Fsp3) is 0.538. The Morgan fingerprint density at radius 2 is 2.06 bits per heavy atom. The normalized spacial score (nSPS) is 17.1. The van der Waals surface area contributed by atoms with Crippen molar-refractivity contribution in [2.24, 2.45) is 0 Å². The third-order valence-corrected chi connectivity index (χ3v) is 2.74. The van der Waals surface area contributed by atoms with Crippen molar-refractivity contribution in [2.45, 2.75) is 19.6 Å². The maximum absolute atomic E-state index is 5.60. The number of ether oxygens (including phenoxy) is 4. The van der Waals surface area contributed by atoms with Gasteiger partial charge in [0.15, 0.2) is 13.1 Å². The zero-order valence-electron chi connectivity index (χ0n) is 10.3. The molecule has 0 unspecified atom stereocenters. The molecular formula is C13H18O4. The van der Waals surface area contributed by atoms with Gasteiger partial charge in [-0.05, 0) is 25.0 Å². The second-order valence-electron chi connectivity index (χ2n) is 3.95. The number of hydrogen-bond donors (Lipinski definition) is 0. The summed E-state index contributed by atoms with van der Waals surface area (Å²) in [6.45, 7) is 3.73. The Morgan fingerprint density at radius 1 is 1.29 bits per heavy atom. The maximum Gasteiger partial charge on any atom is 0.188 e. The van der Waals surface area contributed by atoms with Gasteiger partial charge >= 0.3 is 0 Å². The van der Waals surface area contributed by atoms with Crippen molar-refractivity contribution in [3.05, 3.63) is 29.3 Å². The highest BCUT2D eigenvalue weighted by Gasteiger charge is 2.19. The van der Waals surface area contributed by atoms with Crippen LogP contribution in [0.3, 0.4) is 0 Å². The SMILES string of the molecule is COCOc1cccc(C2OCCCO2)c1C. The van der Waals surface area contributed by atoms with Crippen LogP contribution in [0, 0.1) is 6.92 Å². The van der Waals surface area contributed by atoms with Gasteiger partial charge in [0.2, 0.25) is 0 Å². The van der Waals surface area contributed by atoms with E-state index in [1.165, 1.54) is 0 Å². The van der Waals surface area contributed by atoms with Gasteiger partial charge in [-0.2, -0.15) is 0 Å². The average molecular weight is 238 g/mol. The highest BCUT2D eigenvalue weighted by Crippen LogP contribution is 2.30. The van der Waals surface area contributed by atoms with E-state index in [-0.39, 0.29) is 13.1 Å². The standard InChI is InChI=1S/C13H18O4/c1-10-11(13-15-7-4-8-16-13)5-3-6-12(10)17-9-14-2/h3,5-6,13H,4,7-9H2,1-2H3. The summed E-state index contributed by atoms with van der Waals surface area (Å²) in [5.74, 6) is 0.808. The van der Waals surface area contributed by atoms with Gasteiger partial charge in [-0.25, -0.2) is 0 Å². The Kier molecular flexibility index (Phi) is 4.36. The molecule has 1 aromatic carbocycles. The summed E-state index contributed by atoms with van der Waals surface area (Å²) < 4.78 is 21.6. The van der Waals surface area contributed by atoms with Gasteiger partial charge in [-0.1, -0.05) is 12.1 Å². The lowest BCUT2D eigenvalue weighted by molar-refractivity contribution is -0.183. The summed E-state index contributed by atoms with van der Waals surface area (Å²) >= 11 is 0. The molecule has 4 nitrogen and oxygen atoms in total. The van der Waals surface area contributed by atoms with Crippen molar-refractivity contribution in [3.8, 4) is 5.75 Å². The molecule has 0 bridgehead atoms. The first-order chi connectivity index (χ1) is 8.33. The van der Waals surface area contributed by atoms with Gasteiger partial charge in [-0.15, -0.1) is 0 Å². The van der Waals surface area contributed by atoms with Crippen LogP contribution < -0.4 is 4.74 Å². The molecule has 0 spiro atoms. The number of hydrogen-bond acceptors (Lipinski definition) is 4. The van der Waals surface area contributed by atoms with Crippen molar-refractivity contribution >= 4 is 0 Å². The summed E-state index contributed by atoms with van der Waals surface area (Å²) in [6.07, 6.45) is 0.685. The first-order valence-corrected chi connectivity index (χ1v) is 5.77. The molecular weight excluding hydrogens is 220 g/mol. The minimum absolute atomic E-state index is 0.247. The third kappa shape index (κ3) is 2.97. The molecule has 0 aromatic heterocycles. The largest absolute Gasteiger partial charge is 0.467 e. The summed E-state index contributed by atoms with van der Waals surface area (Å²) in [5.41, 5.74) is 2.06. The van der Waals surface area contributed by atoms with Crippen LogP contribution in [-0.2, 0) is 14.2 Å². The maximum atomic E-state index is 5.60. The molecule has 1 aliphatic rings. The van der Waals surface area contributed by atoms with Gasteiger partial charge in [0, 0.05) is 12.7 Å². The Morgan fingerprint density at radius 3 is 2.76 bits per heavy atom. The zero-order valence-corrected chi connectivity index (χ0v) is 10.3. The topological polar surface area (TPSA) is 36.9 Å². The van der Waals surface area contributed by atoms with Crippen LogP contribution in [0.25, 0.3) is 0 Å². The highest BCUT2D eigenvalue weighted by atomic mass is 16.7. The summed E-state index contributed by atoms with van der Waals surface area (Å²) in [4.78, 5) is 0. The van der Waals surface area contributed by atoms with E-state index in [4.69, 9.17) is 18.9 Å². The molecule has 2 rings (SSSR count). The number of rotatable bonds is 4. The molecule has 0 radical (unpaired) electrons. The fourth-order valence-corrected chi connectivity index (χ4v) is 1.83. The monoisotopic (exact) mass is 238 g/mol. The minimum atomic E-state index is -0.269. The van der Waals surface area contributed by atoms with Crippen molar-refractivity contribution < 1.29 is 18.9 Å². The first-order valence-electron chi connectivity index (χ1n) is 5.77. The van der Waals surface area contributed by atoms with Crippen molar-refractivity contribution in [1.29, 1.82) is 0 Å². The minimum Gasteiger partial charge on any atom is -0.467 e. The first kappa shape index (κ1) is 12.4. The third-order valence-electron chi connectivity index (χ3n) is 2.74. The quantitative estimate of drug-likeness (QED) is 0.755. The Labute approximate surface area is 101 Å². The lowest BCUT2D eigenvalue weighted by Crippen LogP contribution is -2.18. The predicted molar refractivity (Wildman–Crippen MR) is 62.9 cm³/mol. The molecule has 0 aliphatic carbocycles. The molecule has 4 heteroatoms. The summed E-state index contributed by atoms with van der Waals surface area (Å²) in [6, 6.07) is 5.86. The lowest BCUT2D eigenvalue weighted by atomic mass is 10.1. The molecule has 17 heavy (non-hydrogen) atoms. The van der Waals surface area contributed by atoms with Gasteiger partial charge in [0.25, 0.3) is 0 Å². The van der Waals surface area contributed by atoms with E-state index >= 15 is 0 Å². The van der Waals surface area contributed by atoms with Crippen LogP contribution >= 0.6 is 0 Å². The molecule has 0 saturated carbocycles. The Balaban J connectivity index is 2.15. The van der Waals surface area contributed by atoms with E-state index in [0.717, 1.165) is 36.5 Å². The van der Waals surface area contributed by atoms with Crippen LogP contribution in [-0.4, -0.2) is 27.1 Å². The van der Waals surface area contributed by atoms with Gasteiger partial charge in [-0.3, -0.25) is 0 Å². The van der Waals surface area contributed by atoms with Crippen LogP contribution in [0.2, 0.25) is 0 Å². The number of methoxy groups -OCH3 is 1. The van der Waals surface area contributed by atoms with E-state index in [9.17, 15) is 0 Å². The molecule has 1 saturated heterocycles. The summed E-state index contributed by atoms with van der Waals surface area (Å²) in [5, 5.41) is 0. The second-order valence-corrected chi connectivity index (χ2v) is 3.95. The molecule has 1 fully saturated rings. The van der Waals surface area contributed by atoms with Crippen molar-refractivity contribution in [3.63, 3.8) is 0 Å². The van der Waals surface area contributed by atoms with E-state index < -0.39 is 0 Å². The smallest absolute Gasteiger partial charge is 0.188 e. The van der Waals surface area contributed by atoms with Crippen LogP contribution in [0.4, 0.5) is 0 Å². The Bertz CT molecular complexity index is 358. The fourth-order valence-electron chi connectivity index (χ4n) is 1.83. The van der Waals surface area contributed by atoms with Crippen LogP contribution in [0.15, 0.2) is 18.2 Å². The number of benzene rings is 1. The predicted octanol–water partition coefficient (Wildman–Crippen LogP) is 2.41. The highest BCUT2D eigenvalue weighted by molar-refractivity contribution is 5.39. The molecule has 1 heterocycles. The summed E-state index contributed by atoms with van der Waals surface area (Å²) in [7, 11) is 1.60. The zero-order chi connectivity index (χ0) is 12.1. The average Bonchev–Trinajstić information content (AvgIpc) is 2.39. The second kappa shape index (κ2) is 6.00. The van der Waals surface area contributed by atoms with E-state index in [1.54, 1.807) is 7.11 Å². The van der Waals surface area contributed by atoms with Crippen molar-refractivity contribution in [2.75, 3.05) is 27.1 Å². The molecule has 0 N–H and O–H groups in total. The van der Waals surface area contributed by atoms with Gasteiger partial charge in [0.05, 0.1) is 13.2 Å². The molecule has 1 aliphatic heterocycles. The molecule has 0 amide bonds. The molecule has 1 aromatic rings. The van der Waals surface area contributed by atoms with Gasteiger partial charge in [0.1, 0.15) is 5.75 Å². The molecule has 94 valence electrons. The lowest BCUT2D eigenvalue weighted by Gasteiger charge is -2.25. The van der Waals surface area contributed by atoms with E-state index in [1.807, 2.05) is 25.1 Å².